The van der Waals surface area contributed by atoms with Gasteiger partial charge in [-0.05, 0) is 30.5 Å². The first-order valence-electron chi connectivity index (χ1n) is 6.95. The molecule has 0 saturated heterocycles. The van der Waals surface area contributed by atoms with Crippen LogP contribution in [0.1, 0.15) is 30.6 Å². The number of anilines is 1. The molecule has 7 heteroatoms. The van der Waals surface area contributed by atoms with Gasteiger partial charge in [0.15, 0.2) is 5.13 Å². The molecule has 0 aliphatic rings. The van der Waals surface area contributed by atoms with E-state index in [2.05, 4.69) is 10.3 Å². The Morgan fingerprint density at radius 2 is 2.14 bits per heavy atom. The minimum Gasteiger partial charge on any atom is -0.467 e. The van der Waals surface area contributed by atoms with Gasteiger partial charge in [-0.2, -0.15) is 0 Å². The lowest BCUT2D eigenvalue weighted by molar-refractivity contribution is -0.143. The van der Waals surface area contributed by atoms with Gasteiger partial charge >= 0.3 is 5.97 Å². The molecule has 0 fully saturated rings. The second kappa shape index (κ2) is 6.74. The molecular formula is C15H19N3O3S. The molecule has 3 N–H and O–H groups in total. The Bertz CT molecular complexity index is 696. The van der Waals surface area contributed by atoms with Gasteiger partial charge < -0.3 is 15.8 Å². The maximum absolute atomic E-state index is 12.3. The molecule has 2 rings (SSSR count). The number of nitrogens with one attached hydrogen (secondary N) is 1. The third kappa shape index (κ3) is 3.73. The average Bonchev–Trinajstić information content (AvgIpc) is 2.84. The summed E-state index contributed by atoms with van der Waals surface area (Å²) >= 11 is 1.32. The zero-order valence-electron chi connectivity index (χ0n) is 12.8. The van der Waals surface area contributed by atoms with Crippen LogP contribution in [-0.2, 0) is 9.53 Å². The standard InChI is InChI=1S/C15H19N3O3S/c1-8(2)6-11(14(20)21-3)17-13(19)9-4-5-10-12(7-9)22-15(16)18-10/h4-5,7-8,11H,6H2,1-3H3,(H2,16,18)(H,17,19). The first kappa shape index (κ1) is 16.2. The predicted molar refractivity (Wildman–Crippen MR) is 86.8 cm³/mol. The van der Waals surface area contributed by atoms with E-state index in [1.165, 1.54) is 18.4 Å². The first-order chi connectivity index (χ1) is 10.4. The van der Waals surface area contributed by atoms with Crippen molar-refractivity contribution in [3.63, 3.8) is 0 Å². The van der Waals surface area contributed by atoms with Gasteiger partial charge in [-0.15, -0.1) is 0 Å². The van der Waals surface area contributed by atoms with E-state index in [-0.39, 0.29) is 11.8 Å². The van der Waals surface area contributed by atoms with Gasteiger partial charge in [-0.1, -0.05) is 25.2 Å². The van der Waals surface area contributed by atoms with Crippen LogP contribution in [0.25, 0.3) is 10.2 Å². The highest BCUT2D eigenvalue weighted by molar-refractivity contribution is 7.22. The van der Waals surface area contributed by atoms with Crippen molar-refractivity contribution < 1.29 is 14.3 Å². The van der Waals surface area contributed by atoms with Gasteiger partial charge in [0.25, 0.3) is 5.91 Å². The van der Waals surface area contributed by atoms with Gasteiger partial charge in [-0.3, -0.25) is 4.79 Å². The van der Waals surface area contributed by atoms with Crippen molar-refractivity contribution in [2.24, 2.45) is 5.92 Å². The highest BCUT2D eigenvalue weighted by Crippen LogP contribution is 2.24. The van der Waals surface area contributed by atoms with E-state index in [0.29, 0.717) is 17.1 Å². The molecule has 1 atom stereocenters. The Labute approximate surface area is 132 Å². The molecule has 0 spiro atoms. The topological polar surface area (TPSA) is 94.3 Å². The van der Waals surface area contributed by atoms with Gasteiger partial charge in [0.05, 0.1) is 17.3 Å². The van der Waals surface area contributed by atoms with Crippen LogP contribution in [0.5, 0.6) is 0 Å². The number of carbonyl (C=O) groups excluding carboxylic acids is 2. The largest absolute Gasteiger partial charge is 0.467 e. The predicted octanol–water partition coefficient (Wildman–Crippen LogP) is 2.20. The Morgan fingerprint density at radius 1 is 1.41 bits per heavy atom. The van der Waals surface area contributed by atoms with Crippen molar-refractivity contribution in [3.05, 3.63) is 23.8 Å². The van der Waals surface area contributed by atoms with Crippen LogP contribution in [0.3, 0.4) is 0 Å². The van der Waals surface area contributed by atoms with Crippen LogP contribution < -0.4 is 11.1 Å². The second-order valence-corrected chi connectivity index (χ2v) is 6.48. The molecule has 22 heavy (non-hydrogen) atoms. The molecule has 2 aromatic rings. The van der Waals surface area contributed by atoms with Crippen LogP contribution in [-0.4, -0.2) is 30.0 Å². The first-order valence-corrected chi connectivity index (χ1v) is 7.77. The summed E-state index contributed by atoms with van der Waals surface area (Å²) in [5.74, 6) is -0.497. The number of benzene rings is 1. The number of nitrogen functional groups attached to an aromatic ring is 1. The Kier molecular flexibility index (Phi) is 4.97. The summed E-state index contributed by atoms with van der Waals surface area (Å²) in [6.07, 6.45) is 0.522. The Hall–Kier alpha value is -2.15. The number of esters is 1. The van der Waals surface area contributed by atoms with Gasteiger partial charge in [0.1, 0.15) is 6.04 Å². The summed E-state index contributed by atoms with van der Waals surface area (Å²) in [6.45, 7) is 3.96. The van der Waals surface area contributed by atoms with Crippen LogP contribution in [0.2, 0.25) is 0 Å². The number of hydrogen-bond acceptors (Lipinski definition) is 6. The van der Waals surface area contributed by atoms with Crippen molar-refractivity contribution in [1.82, 2.24) is 10.3 Å². The van der Waals surface area contributed by atoms with E-state index in [0.717, 1.165) is 10.2 Å². The second-order valence-electron chi connectivity index (χ2n) is 5.41. The van der Waals surface area contributed by atoms with Crippen LogP contribution in [0, 0.1) is 5.92 Å². The van der Waals surface area contributed by atoms with E-state index in [1.54, 1.807) is 18.2 Å². The number of amides is 1. The summed E-state index contributed by atoms with van der Waals surface area (Å²) < 4.78 is 5.58. The smallest absolute Gasteiger partial charge is 0.328 e. The van der Waals surface area contributed by atoms with Crippen LogP contribution in [0.15, 0.2) is 18.2 Å². The van der Waals surface area contributed by atoms with E-state index in [9.17, 15) is 9.59 Å². The highest BCUT2D eigenvalue weighted by Gasteiger charge is 2.23. The van der Waals surface area contributed by atoms with Crippen LogP contribution >= 0.6 is 11.3 Å². The van der Waals surface area contributed by atoms with Crippen molar-refractivity contribution in [1.29, 1.82) is 0 Å². The van der Waals surface area contributed by atoms with Crippen molar-refractivity contribution in [2.45, 2.75) is 26.3 Å². The lowest BCUT2D eigenvalue weighted by atomic mass is 10.0. The molecule has 0 saturated carbocycles. The van der Waals surface area contributed by atoms with E-state index < -0.39 is 12.0 Å². The number of rotatable bonds is 5. The molecule has 118 valence electrons. The summed E-state index contributed by atoms with van der Waals surface area (Å²) in [6, 6.07) is 4.48. The molecule has 1 aromatic carbocycles. The SMILES string of the molecule is COC(=O)C(CC(C)C)NC(=O)c1ccc2nc(N)sc2c1. The van der Waals surface area contributed by atoms with Gasteiger partial charge in [0.2, 0.25) is 0 Å². The fourth-order valence-electron chi connectivity index (χ4n) is 2.15. The van der Waals surface area contributed by atoms with Crippen molar-refractivity contribution in [2.75, 3.05) is 12.8 Å². The highest BCUT2D eigenvalue weighted by atomic mass is 32.1. The molecular weight excluding hydrogens is 302 g/mol. The number of aromatic nitrogens is 1. The van der Waals surface area contributed by atoms with Crippen LogP contribution in [0.4, 0.5) is 5.13 Å². The third-order valence-corrected chi connectivity index (χ3v) is 4.01. The monoisotopic (exact) mass is 321 g/mol. The van der Waals surface area contributed by atoms with E-state index in [4.69, 9.17) is 10.5 Å². The molecule has 6 nitrogen and oxygen atoms in total. The van der Waals surface area contributed by atoms with Gasteiger partial charge in [-0.25, -0.2) is 9.78 Å². The van der Waals surface area contributed by atoms with Crippen molar-refractivity contribution in [3.8, 4) is 0 Å². The number of nitrogens with zero attached hydrogens (tertiary/aromatic N) is 1. The molecule has 0 aliphatic heterocycles. The Morgan fingerprint density at radius 3 is 2.77 bits per heavy atom. The Balaban J connectivity index is 2.18. The summed E-state index contributed by atoms with van der Waals surface area (Å²) in [5.41, 5.74) is 6.88. The third-order valence-electron chi connectivity index (χ3n) is 3.17. The minimum absolute atomic E-state index is 0.258. The molecule has 0 radical (unpaired) electrons. The number of ether oxygens (including phenoxy) is 1. The quantitative estimate of drug-likeness (QED) is 0.823. The number of thiazole rings is 1. The number of carbonyl (C=O) groups is 2. The summed E-state index contributed by atoms with van der Waals surface area (Å²) in [5, 5.41) is 3.18. The molecule has 1 unspecified atom stereocenters. The normalized spacial score (nSPS) is 12.4. The van der Waals surface area contributed by atoms with E-state index in [1.807, 2.05) is 13.8 Å². The number of methoxy groups -OCH3 is 1. The summed E-state index contributed by atoms with van der Waals surface area (Å²) in [7, 11) is 1.31. The zero-order valence-corrected chi connectivity index (χ0v) is 13.6. The van der Waals surface area contributed by atoms with E-state index >= 15 is 0 Å². The molecule has 0 aliphatic carbocycles. The molecule has 1 heterocycles. The lowest BCUT2D eigenvalue weighted by Gasteiger charge is -2.18. The number of hydrogen-bond donors (Lipinski definition) is 2. The molecule has 1 aromatic heterocycles. The number of fused-ring (bicyclic) bond motifs is 1. The zero-order chi connectivity index (χ0) is 16.3. The maximum atomic E-state index is 12.3. The van der Waals surface area contributed by atoms with Gasteiger partial charge in [0, 0.05) is 5.56 Å². The fourth-order valence-corrected chi connectivity index (χ4v) is 2.93. The molecule has 0 bridgehead atoms. The fraction of sp³-hybridized carbons (Fsp3) is 0.400. The minimum atomic E-state index is -0.653. The maximum Gasteiger partial charge on any atom is 0.328 e. The average molecular weight is 321 g/mol. The number of nitrogens with two attached hydrogens (primary N) is 1. The summed E-state index contributed by atoms with van der Waals surface area (Å²) in [4.78, 5) is 28.3. The lowest BCUT2D eigenvalue weighted by Crippen LogP contribution is -2.42. The van der Waals surface area contributed by atoms with Crippen molar-refractivity contribution >= 4 is 38.6 Å². The molecule has 1 amide bonds.